The third-order valence-corrected chi connectivity index (χ3v) is 2.98. The minimum absolute atomic E-state index is 0.0106. The van der Waals surface area contributed by atoms with Crippen molar-refractivity contribution in [3.05, 3.63) is 28.0 Å². The van der Waals surface area contributed by atoms with Crippen LogP contribution < -0.4 is 11.1 Å². The number of carbonyl (C=O) groups excluding carboxylic acids is 1. The second kappa shape index (κ2) is 6.12. The van der Waals surface area contributed by atoms with E-state index in [0.717, 1.165) is 5.56 Å². The van der Waals surface area contributed by atoms with Crippen LogP contribution in [0.25, 0.3) is 0 Å². The second-order valence-corrected chi connectivity index (χ2v) is 5.00. The van der Waals surface area contributed by atoms with Crippen molar-refractivity contribution in [2.24, 2.45) is 5.73 Å². The lowest BCUT2D eigenvalue weighted by Gasteiger charge is -2.10. The maximum atomic E-state index is 13.3. The summed E-state index contributed by atoms with van der Waals surface area (Å²) in [6.07, 6.45) is 0.957. The van der Waals surface area contributed by atoms with Crippen LogP contribution >= 0.6 is 15.9 Å². The van der Waals surface area contributed by atoms with Crippen molar-refractivity contribution in [3.63, 3.8) is 0 Å². The van der Waals surface area contributed by atoms with Gasteiger partial charge in [-0.3, -0.25) is 4.79 Å². The summed E-state index contributed by atoms with van der Waals surface area (Å²) >= 11 is 3.09. The first kappa shape index (κ1) is 14.1. The molecule has 0 bridgehead atoms. The molecule has 0 saturated heterocycles. The second-order valence-electron chi connectivity index (χ2n) is 4.15. The van der Waals surface area contributed by atoms with Gasteiger partial charge in [0.2, 0.25) is 5.91 Å². The Bertz CT molecular complexity index is 421. The van der Waals surface area contributed by atoms with Crippen LogP contribution in [0.1, 0.15) is 25.3 Å². The van der Waals surface area contributed by atoms with Crippen molar-refractivity contribution < 1.29 is 9.18 Å². The third kappa shape index (κ3) is 4.44. The fraction of sp³-hybridized carbons (Fsp3) is 0.417. The summed E-state index contributed by atoms with van der Waals surface area (Å²) < 4.78 is 13.7. The summed E-state index contributed by atoms with van der Waals surface area (Å²) in [5, 5.41) is 2.68. The van der Waals surface area contributed by atoms with Crippen LogP contribution in [-0.2, 0) is 4.79 Å². The monoisotopic (exact) mass is 302 g/mol. The molecule has 1 aromatic rings. The lowest BCUT2D eigenvalue weighted by Crippen LogP contribution is -2.19. The van der Waals surface area contributed by atoms with Gasteiger partial charge in [-0.2, -0.15) is 0 Å². The molecule has 5 heteroatoms. The Labute approximate surface area is 109 Å². The number of rotatable bonds is 4. The number of amides is 1. The standard InChI is InChI=1S/C12H16BrFN2O/c1-7-5-9(13)10(14)6-11(7)16-12(17)4-3-8(2)15/h5-6,8H,3-4,15H2,1-2H3,(H,16,17). The smallest absolute Gasteiger partial charge is 0.224 e. The van der Waals surface area contributed by atoms with Gasteiger partial charge in [0.1, 0.15) is 5.82 Å². The molecule has 0 heterocycles. The van der Waals surface area contributed by atoms with E-state index in [1.54, 1.807) is 6.07 Å². The number of carbonyl (C=O) groups is 1. The van der Waals surface area contributed by atoms with E-state index in [4.69, 9.17) is 5.73 Å². The lowest BCUT2D eigenvalue weighted by molar-refractivity contribution is -0.116. The molecule has 1 amide bonds. The molecule has 0 fully saturated rings. The molecule has 1 atom stereocenters. The minimum atomic E-state index is -0.391. The fourth-order valence-electron chi connectivity index (χ4n) is 1.35. The molecule has 0 saturated carbocycles. The number of anilines is 1. The van der Waals surface area contributed by atoms with Gasteiger partial charge in [-0.1, -0.05) is 0 Å². The minimum Gasteiger partial charge on any atom is -0.328 e. The zero-order chi connectivity index (χ0) is 13.0. The van der Waals surface area contributed by atoms with Gasteiger partial charge in [-0.25, -0.2) is 4.39 Å². The highest BCUT2D eigenvalue weighted by atomic mass is 79.9. The van der Waals surface area contributed by atoms with Crippen LogP contribution in [0.2, 0.25) is 0 Å². The van der Waals surface area contributed by atoms with E-state index >= 15 is 0 Å². The maximum Gasteiger partial charge on any atom is 0.224 e. The van der Waals surface area contributed by atoms with Crippen molar-refractivity contribution in [3.8, 4) is 0 Å². The molecule has 0 spiro atoms. The predicted octanol–water partition coefficient (Wildman–Crippen LogP) is 2.96. The molecule has 0 aliphatic heterocycles. The molecule has 94 valence electrons. The first-order valence-electron chi connectivity index (χ1n) is 5.41. The predicted molar refractivity (Wildman–Crippen MR) is 70.4 cm³/mol. The van der Waals surface area contributed by atoms with Gasteiger partial charge in [-0.05, 0) is 53.9 Å². The van der Waals surface area contributed by atoms with E-state index in [0.29, 0.717) is 23.0 Å². The summed E-state index contributed by atoms with van der Waals surface area (Å²) in [5.74, 6) is -0.537. The Morgan fingerprint density at radius 1 is 1.59 bits per heavy atom. The average molecular weight is 303 g/mol. The highest BCUT2D eigenvalue weighted by molar-refractivity contribution is 9.10. The number of benzene rings is 1. The largest absolute Gasteiger partial charge is 0.328 e. The zero-order valence-electron chi connectivity index (χ0n) is 9.89. The van der Waals surface area contributed by atoms with Crippen molar-refractivity contribution in [1.29, 1.82) is 0 Å². The van der Waals surface area contributed by atoms with Gasteiger partial charge in [-0.15, -0.1) is 0 Å². The van der Waals surface area contributed by atoms with Crippen LogP contribution in [0, 0.1) is 12.7 Å². The molecular weight excluding hydrogens is 287 g/mol. The van der Waals surface area contributed by atoms with Gasteiger partial charge in [0.25, 0.3) is 0 Å². The highest BCUT2D eigenvalue weighted by Gasteiger charge is 2.09. The molecule has 0 radical (unpaired) electrons. The molecule has 3 nitrogen and oxygen atoms in total. The zero-order valence-corrected chi connectivity index (χ0v) is 11.5. The number of nitrogens with two attached hydrogens (primary N) is 1. The van der Waals surface area contributed by atoms with Crippen molar-refractivity contribution >= 4 is 27.5 Å². The molecule has 0 aliphatic rings. The van der Waals surface area contributed by atoms with Crippen LogP contribution in [-0.4, -0.2) is 11.9 Å². The van der Waals surface area contributed by atoms with Crippen molar-refractivity contribution in [2.45, 2.75) is 32.7 Å². The molecule has 0 aromatic heterocycles. The van der Waals surface area contributed by atoms with E-state index < -0.39 is 5.82 Å². The number of aryl methyl sites for hydroxylation is 1. The highest BCUT2D eigenvalue weighted by Crippen LogP contribution is 2.24. The Morgan fingerprint density at radius 2 is 2.24 bits per heavy atom. The Balaban J connectivity index is 2.68. The van der Waals surface area contributed by atoms with Gasteiger partial charge in [0.05, 0.1) is 4.47 Å². The van der Waals surface area contributed by atoms with Crippen LogP contribution in [0.3, 0.4) is 0 Å². The molecule has 1 unspecified atom stereocenters. The molecule has 0 aliphatic carbocycles. The van der Waals surface area contributed by atoms with Gasteiger partial charge in [0.15, 0.2) is 0 Å². The summed E-state index contributed by atoms with van der Waals surface area (Å²) in [5.41, 5.74) is 6.87. The van der Waals surface area contributed by atoms with Crippen LogP contribution in [0.4, 0.5) is 10.1 Å². The summed E-state index contributed by atoms with van der Waals surface area (Å²) in [7, 11) is 0. The first-order chi connectivity index (χ1) is 7.90. The van der Waals surface area contributed by atoms with Crippen LogP contribution in [0.15, 0.2) is 16.6 Å². The maximum absolute atomic E-state index is 13.3. The van der Waals surface area contributed by atoms with Gasteiger partial charge < -0.3 is 11.1 Å². The number of hydrogen-bond donors (Lipinski definition) is 2. The SMILES string of the molecule is Cc1cc(Br)c(F)cc1NC(=O)CCC(C)N. The normalized spacial score (nSPS) is 12.3. The molecule has 1 rings (SSSR count). The Hall–Kier alpha value is -0.940. The first-order valence-corrected chi connectivity index (χ1v) is 6.20. The summed E-state index contributed by atoms with van der Waals surface area (Å²) in [4.78, 5) is 11.6. The van der Waals surface area contributed by atoms with Gasteiger partial charge >= 0.3 is 0 Å². The van der Waals surface area contributed by atoms with E-state index in [2.05, 4.69) is 21.2 Å². The van der Waals surface area contributed by atoms with Crippen molar-refractivity contribution in [1.82, 2.24) is 0 Å². The number of hydrogen-bond acceptors (Lipinski definition) is 2. The molecular formula is C12H16BrFN2O. The molecule has 3 N–H and O–H groups in total. The third-order valence-electron chi connectivity index (χ3n) is 2.37. The summed E-state index contributed by atoms with van der Waals surface area (Å²) in [6, 6.07) is 2.93. The summed E-state index contributed by atoms with van der Waals surface area (Å²) in [6.45, 7) is 3.66. The van der Waals surface area contributed by atoms with Gasteiger partial charge in [0, 0.05) is 18.2 Å². The Kier molecular flexibility index (Phi) is 5.08. The molecule has 17 heavy (non-hydrogen) atoms. The number of nitrogens with one attached hydrogen (secondary N) is 1. The van der Waals surface area contributed by atoms with E-state index in [1.165, 1.54) is 6.07 Å². The quantitative estimate of drug-likeness (QED) is 0.898. The topological polar surface area (TPSA) is 55.1 Å². The molecule has 1 aromatic carbocycles. The fourth-order valence-corrected chi connectivity index (χ4v) is 1.81. The number of halogens is 2. The van der Waals surface area contributed by atoms with E-state index in [-0.39, 0.29) is 11.9 Å². The van der Waals surface area contributed by atoms with E-state index in [1.807, 2.05) is 13.8 Å². The Morgan fingerprint density at radius 3 is 2.82 bits per heavy atom. The van der Waals surface area contributed by atoms with Crippen LogP contribution in [0.5, 0.6) is 0 Å². The average Bonchev–Trinajstić information content (AvgIpc) is 2.23. The van der Waals surface area contributed by atoms with Crippen molar-refractivity contribution in [2.75, 3.05) is 5.32 Å². The lowest BCUT2D eigenvalue weighted by atomic mass is 10.1. The van der Waals surface area contributed by atoms with E-state index in [9.17, 15) is 9.18 Å².